The van der Waals surface area contributed by atoms with Gasteiger partial charge in [0.25, 0.3) is 0 Å². The van der Waals surface area contributed by atoms with Gasteiger partial charge < -0.3 is 5.32 Å². The Kier molecular flexibility index (Phi) is 4.50. The van der Waals surface area contributed by atoms with Crippen molar-refractivity contribution in [2.75, 3.05) is 0 Å². The average molecular weight is 305 g/mol. The third kappa shape index (κ3) is 3.18. The van der Waals surface area contributed by atoms with Crippen molar-refractivity contribution in [3.8, 4) is 0 Å². The molecule has 2 nitrogen and oxygen atoms in total. The molecule has 94 valence electrons. The van der Waals surface area contributed by atoms with E-state index in [-0.39, 0.29) is 12.1 Å². The second-order valence-electron chi connectivity index (χ2n) is 4.39. The number of hydrogen-bond acceptors (Lipinski definition) is 2. The van der Waals surface area contributed by atoms with E-state index in [2.05, 4.69) is 58.3 Å². The minimum Gasteiger partial charge on any atom is -0.302 e. The second-order valence-corrected chi connectivity index (χ2v) is 5.24. The first-order chi connectivity index (χ1) is 8.68. The molecule has 1 unspecified atom stereocenters. The standard InChI is InChI=1S/C15H17BrN2/c1-11(13-7-3-4-8-14(13)16)18-12(2)15-9-5-6-10-17-15/h3-12,18H,1-2H3/t11?,12-/m0/s1. The number of hydrogen-bond donors (Lipinski definition) is 1. The number of nitrogens with one attached hydrogen (secondary N) is 1. The van der Waals surface area contributed by atoms with Crippen molar-refractivity contribution < 1.29 is 0 Å². The molecule has 0 fully saturated rings. The van der Waals surface area contributed by atoms with E-state index in [1.165, 1.54) is 5.56 Å². The van der Waals surface area contributed by atoms with Crippen molar-refractivity contribution >= 4 is 15.9 Å². The van der Waals surface area contributed by atoms with Gasteiger partial charge in [-0.2, -0.15) is 0 Å². The quantitative estimate of drug-likeness (QED) is 0.913. The predicted molar refractivity (Wildman–Crippen MR) is 78.3 cm³/mol. The smallest absolute Gasteiger partial charge is 0.0570 e. The van der Waals surface area contributed by atoms with Crippen LogP contribution in [-0.4, -0.2) is 4.98 Å². The van der Waals surface area contributed by atoms with Gasteiger partial charge in [0.15, 0.2) is 0 Å². The fourth-order valence-electron chi connectivity index (χ4n) is 2.01. The van der Waals surface area contributed by atoms with Gasteiger partial charge in [0.1, 0.15) is 0 Å². The van der Waals surface area contributed by atoms with Crippen molar-refractivity contribution in [2.45, 2.75) is 25.9 Å². The van der Waals surface area contributed by atoms with Crippen LogP contribution < -0.4 is 5.32 Å². The summed E-state index contributed by atoms with van der Waals surface area (Å²) in [6, 6.07) is 14.8. The third-order valence-corrected chi connectivity index (χ3v) is 3.73. The van der Waals surface area contributed by atoms with Crippen molar-refractivity contribution in [3.05, 3.63) is 64.4 Å². The zero-order valence-corrected chi connectivity index (χ0v) is 12.2. The molecule has 0 aliphatic rings. The van der Waals surface area contributed by atoms with Gasteiger partial charge in [-0.1, -0.05) is 40.2 Å². The monoisotopic (exact) mass is 304 g/mol. The zero-order chi connectivity index (χ0) is 13.0. The van der Waals surface area contributed by atoms with Crippen LogP contribution in [0.4, 0.5) is 0 Å². The van der Waals surface area contributed by atoms with Gasteiger partial charge in [0.05, 0.1) is 5.69 Å². The molecule has 1 N–H and O–H groups in total. The van der Waals surface area contributed by atoms with Crippen LogP contribution in [0.25, 0.3) is 0 Å². The van der Waals surface area contributed by atoms with Crippen molar-refractivity contribution in [1.82, 2.24) is 10.3 Å². The summed E-state index contributed by atoms with van der Waals surface area (Å²) in [6.45, 7) is 4.30. The van der Waals surface area contributed by atoms with E-state index in [0.29, 0.717) is 0 Å². The first-order valence-corrected chi connectivity index (χ1v) is 6.89. The van der Waals surface area contributed by atoms with Gasteiger partial charge in [-0.25, -0.2) is 0 Å². The van der Waals surface area contributed by atoms with Crippen LogP contribution in [0.2, 0.25) is 0 Å². The Morgan fingerprint density at radius 3 is 2.39 bits per heavy atom. The topological polar surface area (TPSA) is 24.9 Å². The predicted octanol–water partition coefficient (Wildman–Crippen LogP) is 4.26. The summed E-state index contributed by atoms with van der Waals surface area (Å²) in [7, 11) is 0. The molecule has 0 saturated heterocycles. The number of aromatic nitrogens is 1. The highest BCUT2D eigenvalue weighted by molar-refractivity contribution is 9.10. The second kappa shape index (κ2) is 6.12. The molecule has 1 heterocycles. The molecular weight excluding hydrogens is 288 g/mol. The Labute approximate surface area is 117 Å². The van der Waals surface area contributed by atoms with E-state index in [0.717, 1.165) is 10.2 Å². The van der Waals surface area contributed by atoms with Crippen LogP contribution >= 0.6 is 15.9 Å². The van der Waals surface area contributed by atoms with E-state index in [1.807, 2.05) is 30.5 Å². The molecule has 3 heteroatoms. The summed E-state index contributed by atoms with van der Waals surface area (Å²) in [4.78, 5) is 4.37. The molecule has 18 heavy (non-hydrogen) atoms. The molecule has 0 spiro atoms. The number of rotatable bonds is 4. The van der Waals surface area contributed by atoms with Crippen molar-refractivity contribution in [3.63, 3.8) is 0 Å². The van der Waals surface area contributed by atoms with Crippen LogP contribution in [0.1, 0.15) is 37.2 Å². The maximum absolute atomic E-state index is 4.37. The van der Waals surface area contributed by atoms with E-state index < -0.39 is 0 Å². The molecule has 0 saturated carbocycles. The van der Waals surface area contributed by atoms with Gasteiger partial charge in [0, 0.05) is 22.8 Å². The van der Waals surface area contributed by atoms with Gasteiger partial charge in [0.2, 0.25) is 0 Å². The first kappa shape index (κ1) is 13.2. The van der Waals surface area contributed by atoms with Crippen LogP contribution in [0.15, 0.2) is 53.1 Å². The SMILES string of the molecule is CC(N[C@@H](C)c1ccccn1)c1ccccc1Br. The van der Waals surface area contributed by atoms with Gasteiger partial charge in [-0.15, -0.1) is 0 Å². The van der Waals surface area contributed by atoms with Gasteiger partial charge in [-0.3, -0.25) is 4.98 Å². The fraction of sp³-hybridized carbons (Fsp3) is 0.267. The summed E-state index contributed by atoms with van der Waals surface area (Å²) >= 11 is 3.59. The summed E-state index contributed by atoms with van der Waals surface area (Å²) < 4.78 is 1.14. The van der Waals surface area contributed by atoms with Crippen LogP contribution in [-0.2, 0) is 0 Å². The lowest BCUT2D eigenvalue weighted by atomic mass is 10.1. The third-order valence-electron chi connectivity index (χ3n) is 3.00. The Morgan fingerprint density at radius 2 is 1.72 bits per heavy atom. The molecule has 0 bridgehead atoms. The normalized spacial score (nSPS) is 14.2. The lowest BCUT2D eigenvalue weighted by molar-refractivity contribution is 0.485. The van der Waals surface area contributed by atoms with Gasteiger partial charge >= 0.3 is 0 Å². The van der Waals surface area contributed by atoms with E-state index in [4.69, 9.17) is 0 Å². The molecular formula is C15H17BrN2. The number of nitrogens with zero attached hydrogens (tertiary/aromatic N) is 1. The Balaban J connectivity index is 2.08. The molecule has 1 aromatic heterocycles. The lowest BCUT2D eigenvalue weighted by Crippen LogP contribution is -2.23. The number of halogens is 1. The molecule has 0 amide bonds. The van der Waals surface area contributed by atoms with Crippen LogP contribution in [0, 0.1) is 0 Å². The minimum atomic E-state index is 0.230. The van der Waals surface area contributed by atoms with E-state index in [9.17, 15) is 0 Å². The largest absolute Gasteiger partial charge is 0.302 e. The zero-order valence-electron chi connectivity index (χ0n) is 10.6. The van der Waals surface area contributed by atoms with Crippen LogP contribution in [0.5, 0.6) is 0 Å². The first-order valence-electron chi connectivity index (χ1n) is 6.10. The molecule has 2 aromatic rings. The average Bonchev–Trinajstić information content (AvgIpc) is 2.40. The molecule has 0 aliphatic carbocycles. The molecule has 2 atom stereocenters. The Hall–Kier alpha value is -1.19. The fourth-order valence-corrected chi connectivity index (χ4v) is 2.64. The highest BCUT2D eigenvalue weighted by Gasteiger charge is 2.13. The summed E-state index contributed by atoms with van der Waals surface area (Å²) in [5, 5.41) is 3.56. The highest BCUT2D eigenvalue weighted by Crippen LogP contribution is 2.24. The molecule has 0 radical (unpaired) electrons. The Morgan fingerprint density at radius 1 is 1.00 bits per heavy atom. The van der Waals surface area contributed by atoms with E-state index in [1.54, 1.807) is 0 Å². The summed E-state index contributed by atoms with van der Waals surface area (Å²) in [5.74, 6) is 0. The Bertz CT molecular complexity index is 499. The maximum Gasteiger partial charge on any atom is 0.0570 e. The van der Waals surface area contributed by atoms with Crippen LogP contribution in [0.3, 0.4) is 0 Å². The summed E-state index contributed by atoms with van der Waals surface area (Å²) in [6.07, 6.45) is 1.83. The van der Waals surface area contributed by atoms with Gasteiger partial charge in [-0.05, 0) is 37.6 Å². The lowest BCUT2D eigenvalue weighted by Gasteiger charge is -2.21. The summed E-state index contributed by atoms with van der Waals surface area (Å²) in [5.41, 5.74) is 2.33. The molecule has 0 aliphatic heterocycles. The highest BCUT2D eigenvalue weighted by atomic mass is 79.9. The van der Waals surface area contributed by atoms with Crippen molar-refractivity contribution in [2.24, 2.45) is 0 Å². The molecule has 2 rings (SSSR count). The number of benzene rings is 1. The van der Waals surface area contributed by atoms with E-state index >= 15 is 0 Å². The minimum absolute atomic E-state index is 0.230. The number of pyridine rings is 1. The molecule has 1 aromatic carbocycles. The van der Waals surface area contributed by atoms with Crippen molar-refractivity contribution in [1.29, 1.82) is 0 Å². The maximum atomic E-state index is 4.37.